The minimum atomic E-state index is -3.59. The molecule has 1 saturated carbocycles. The van der Waals surface area contributed by atoms with Crippen LogP contribution in [0.1, 0.15) is 43.0 Å². The van der Waals surface area contributed by atoms with Gasteiger partial charge in [0.15, 0.2) is 0 Å². The number of amides is 1. The predicted molar refractivity (Wildman–Crippen MR) is 104 cm³/mol. The van der Waals surface area contributed by atoms with E-state index in [1.54, 1.807) is 41.8 Å². The number of carbonyl (C=O) groups excluding carboxylic acids is 1. The Balaban J connectivity index is 1.64. The van der Waals surface area contributed by atoms with Crippen molar-refractivity contribution in [2.24, 2.45) is 11.0 Å². The van der Waals surface area contributed by atoms with E-state index in [1.807, 2.05) is 0 Å². The fourth-order valence-corrected chi connectivity index (χ4v) is 4.89. The summed E-state index contributed by atoms with van der Waals surface area (Å²) in [6, 6.07) is 9.51. The fraction of sp³-hybridized carbons (Fsp3) is 0.333. The minimum absolute atomic E-state index is 0.247. The van der Waals surface area contributed by atoms with Crippen LogP contribution >= 0.6 is 11.3 Å². The summed E-state index contributed by atoms with van der Waals surface area (Å²) < 4.78 is 27.1. The van der Waals surface area contributed by atoms with Crippen molar-refractivity contribution in [2.75, 3.05) is 4.72 Å². The number of nitrogens with zero attached hydrogens (tertiary/aromatic N) is 1. The Labute approximate surface area is 157 Å². The Morgan fingerprint density at radius 2 is 1.96 bits per heavy atom. The molecule has 1 unspecified atom stereocenters. The van der Waals surface area contributed by atoms with E-state index < -0.39 is 10.0 Å². The van der Waals surface area contributed by atoms with Crippen molar-refractivity contribution in [2.45, 2.75) is 36.8 Å². The number of hydrazone groups is 1. The highest BCUT2D eigenvalue weighted by Gasteiger charge is 2.17. The molecule has 0 radical (unpaired) electrons. The van der Waals surface area contributed by atoms with Crippen molar-refractivity contribution in [1.82, 2.24) is 5.43 Å². The van der Waals surface area contributed by atoms with Crippen LogP contribution in [0.2, 0.25) is 0 Å². The van der Waals surface area contributed by atoms with Crippen molar-refractivity contribution < 1.29 is 13.2 Å². The van der Waals surface area contributed by atoms with Crippen LogP contribution in [0.15, 0.2) is 51.1 Å². The molecule has 6 nitrogen and oxygen atoms in total. The van der Waals surface area contributed by atoms with Crippen LogP contribution in [0, 0.1) is 5.92 Å². The Bertz CT molecular complexity index is 888. The second kappa shape index (κ2) is 8.01. The average molecular weight is 392 g/mol. The van der Waals surface area contributed by atoms with Gasteiger partial charge in [0.1, 0.15) is 4.21 Å². The van der Waals surface area contributed by atoms with Crippen molar-refractivity contribution >= 4 is 38.7 Å². The van der Waals surface area contributed by atoms with Crippen molar-refractivity contribution in [3.63, 3.8) is 0 Å². The van der Waals surface area contributed by atoms with Gasteiger partial charge in [-0.15, -0.1) is 11.3 Å². The van der Waals surface area contributed by atoms with Gasteiger partial charge in [-0.05, 0) is 60.9 Å². The summed E-state index contributed by atoms with van der Waals surface area (Å²) in [6.45, 7) is 2.12. The number of carbonyl (C=O) groups is 1. The number of sulfonamides is 1. The molecule has 1 atom stereocenters. The van der Waals surface area contributed by atoms with E-state index in [1.165, 1.54) is 6.42 Å². The van der Waals surface area contributed by atoms with E-state index in [-0.39, 0.29) is 10.1 Å². The van der Waals surface area contributed by atoms with E-state index in [4.69, 9.17) is 0 Å². The first-order valence-corrected chi connectivity index (χ1v) is 10.9. The number of hydrogen-bond acceptors (Lipinski definition) is 5. The van der Waals surface area contributed by atoms with Gasteiger partial charge >= 0.3 is 0 Å². The summed E-state index contributed by atoms with van der Waals surface area (Å²) in [7, 11) is -3.59. The largest absolute Gasteiger partial charge is 0.279 e. The number of rotatable bonds is 5. The molecule has 8 heteroatoms. The number of anilines is 1. The topological polar surface area (TPSA) is 87.6 Å². The molecule has 1 aliphatic rings. The molecule has 0 bridgehead atoms. The van der Waals surface area contributed by atoms with Gasteiger partial charge in [-0.2, -0.15) is 5.10 Å². The summed E-state index contributed by atoms with van der Waals surface area (Å²) in [6.07, 6.45) is 4.34. The van der Waals surface area contributed by atoms with Gasteiger partial charge in [-0.25, -0.2) is 13.8 Å². The number of hydrogen-bond donors (Lipinski definition) is 2. The first-order chi connectivity index (χ1) is 12.5. The number of thiophene rings is 1. The highest BCUT2D eigenvalue weighted by Crippen LogP contribution is 2.21. The molecule has 0 saturated heterocycles. The van der Waals surface area contributed by atoms with Crippen LogP contribution < -0.4 is 10.1 Å². The molecule has 1 fully saturated rings. The molecular formula is C18H21N3O3S2. The lowest BCUT2D eigenvalue weighted by Crippen LogP contribution is -2.24. The minimum Gasteiger partial charge on any atom is -0.279 e. The Hall–Kier alpha value is -2.19. The van der Waals surface area contributed by atoms with E-state index in [0.717, 1.165) is 36.3 Å². The van der Waals surface area contributed by atoms with Gasteiger partial charge in [0.2, 0.25) is 0 Å². The zero-order valence-electron chi connectivity index (χ0n) is 14.4. The van der Waals surface area contributed by atoms with Gasteiger partial charge in [0.05, 0.1) is 0 Å². The molecule has 2 aromatic rings. The van der Waals surface area contributed by atoms with Gasteiger partial charge < -0.3 is 0 Å². The average Bonchev–Trinajstić information content (AvgIpc) is 3.17. The van der Waals surface area contributed by atoms with Gasteiger partial charge in [-0.3, -0.25) is 9.52 Å². The summed E-state index contributed by atoms with van der Waals surface area (Å²) in [5.74, 6) is 0.0982. The second-order valence-electron chi connectivity index (χ2n) is 6.31. The van der Waals surface area contributed by atoms with Crippen LogP contribution in [0.4, 0.5) is 5.69 Å². The third kappa shape index (κ3) is 4.50. The van der Waals surface area contributed by atoms with Crippen LogP contribution in [0.3, 0.4) is 0 Å². The molecule has 1 aromatic heterocycles. The standard InChI is InChI=1S/C18H21N3O3S2/c1-13-5-2-3-6-16(13)19-20-18(22)14-8-10-15(11-9-14)21-26(23,24)17-7-4-12-25-17/h4,7-13,21H,2-3,5-6H2,1H3,(H,20,22)/b19-16-. The van der Waals surface area contributed by atoms with E-state index in [0.29, 0.717) is 17.2 Å². The normalized spacial score (nSPS) is 19.3. The summed E-state index contributed by atoms with van der Waals surface area (Å²) in [4.78, 5) is 12.2. The Morgan fingerprint density at radius 1 is 1.19 bits per heavy atom. The molecular weight excluding hydrogens is 370 g/mol. The molecule has 0 spiro atoms. The lowest BCUT2D eigenvalue weighted by atomic mass is 9.89. The SMILES string of the molecule is CC1CCCC/C1=N/NC(=O)c1ccc(NS(=O)(=O)c2cccs2)cc1. The fourth-order valence-electron chi connectivity index (χ4n) is 2.83. The second-order valence-corrected chi connectivity index (χ2v) is 9.16. The van der Waals surface area contributed by atoms with Gasteiger partial charge in [0.25, 0.3) is 15.9 Å². The number of nitrogens with one attached hydrogen (secondary N) is 2. The van der Waals surface area contributed by atoms with E-state index in [9.17, 15) is 13.2 Å². The van der Waals surface area contributed by atoms with Crippen LogP contribution in [-0.2, 0) is 10.0 Å². The van der Waals surface area contributed by atoms with E-state index in [2.05, 4.69) is 22.2 Å². The Kier molecular flexibility index (Phi) is 5.73. The molecule has 138 valence electrons. The van der Waals surface area contributed by atoms with Crippen molar-refractivity contribution in [3.8, 4) is 0 Å². The zero-order valence-corrected chi connectivity index (χ0v) is 16.1. The van der Waals surface area contributed by atoms with Crippen molar-refractivity contribution in [3.05, 3.63) is 47.3 Å². The Morgan fingerprint density at radius 3 is 2.62 bits per heavy atom. The smallest absolute Gasteiger partial charge is 0.271 e. The van der Waals surface area contributed by atoms with Crippen molar-refractivity contribution in [1.29, 1.82) is 0 Å². The highest BCUT2D eigenvalue weighted by atomic mass is 32.2. The zero-order chi connectivity index (χ0) is 18.6. The van der Waals surface area contributed by atoms with Gasteiger partial charge in [0, 0.05) is 17.0 Å². The maximum Gasteiger partial charge on any atom is 0.271 e. The first kappa shape index (κ1) is 18.6. The molecule has 0 aliphatic heterocycles. The summed E-state index contributed by atoms with van der Waals surface area (Å²) in [5, 5.41) is 5.97. The molecule has 1 heterocycles. The van der Waals surface area contributed by atoms with E-state index >= 15 is 0 Å². The molecule has 1 amide bonds. The lowest BCUT2D eigenvalue weighted by Gasteiger charge is -2.19. The monoisotopic (exact) mass is 391 g/mol. The quantitative estimate of drug-likeness (QED) is 0.759. The third-order valence-corrected chi connectivity index (χ3v) is 7.13. The highest BCUT2D eigenvalue weighted by molar-refractivity contribution is 7.94. The molecule has 1 aliphatic carbocycles. The van der Waals surface area contributed by atoms with Crippen LogP contribution in [-0.4, -0.2) is 20.0 Å². The summed E-state index contributed by atoms with van der Waals surface area (Å²) >= 11 is 1.15. The van der Waals surface area contributed by atoms with Gasteiger partial charge in [-0.1, -0.05) is 19.4 Å². The van der Waals surface area contributed by atoms with Crippen LogP contribution in [0.5, 0.6) is 0 Å². The first-order valence-electron chi connectivity index (χ1n) is 8.49. The maximum atomic E-state index is 12.2. The molecule has 1 aromatic carbocycles. The molecule has 3 rings (SSSR count). The lowest BCUT2D eigenvalue weighted by molar-refractivity contribution is 0.0954. The predicted octanol–water partition coefficient (Wildman–Crippen LogP) is 3.84. The maximum absolute atomic E-state index is 12.2. The number of benzene rings is 1. The molecule has 26 heavy (non-hydrogen) atoms. The summed E-state index contributed by atoms with van der Waals surface area (Å²) in [5.41, 5.74) is 4.47. The third-order valence-electron chi connectivity index (χ3n) is 4.35. The molecule has 2 N–H and O–H groups in total. The van der Waals surface area contributed by atoms with Crippen LogP contribution in [0.25, 0.3) is 0 Å².